The van der Waals surface area contributed by atoms with Gasteiger partial charge in [-0.3, -0.25) is 19.8 Å². The van der Waals surface area contributed by atoms with Crippen molar-refractivity contribution in [2.24, 2.45) is 0 Å². The largest absolute Gasteiger partial charge is 0.280 e. The van der Waals surface area contributed by atoms with Crippen LogP contribution in [0.5, 0.6) is 0 Å². The molecule has 4 rings (SSSR count). The van der Waals surface area contributed by atoms with Crippen molar-refractivity contribution >= 4 is 27.5 Å². The summed E-state index contributed by atoms with van der Waals surface area (Å²) in [7, 11) is 0. The number of rotatable bonds is 2. The summed E-state index contributed by atoms with van der Waals surface area (Å²) < 4.78 is 0.792. The summed E-state index contributed by atoms with van der Waals surface area (Å²) in [6, 6.07) is 22.4. The van der Waals surface area contributed by atoms with Crippen LogP contribution in [0.4, 0.5) is 0 Å². The Morgan fingerprint density at radius 3 is 1.54 bits per heavy atom. The van der Waals surface area contributed by atoms with Crippen molar-refractivity contribution in [2.45, 2.75) is 0 Å². The SMILES string of the molecule is O=C(Nn1c(=O)c2ccccc2c2ccccc2c1=O)c1ccccc1. The Bertz CT molecular complexity index is 1190. The zero-order valence-electron chi connectivity index (χ0n) is 13.7. The fourth-order valence-electron chi connectivity index (χ4n) is 3.00. The van der Waals surface area contributed by atoms with Gasteiger partial charge >= 0.3 is 0 Å². The first kappa shape index (κ1) is 15.8. The van der Waals surface area contributed by atoms with Crippen molar-refractivity contribution < 1.29 is 4.79 Å². The van der Waals surface area contributed by atoms with Gasteiger partial charge in [-0.25, -0.2) is 0 Å². The van der Waals surface area contributed by atoms with Crippen LogP contribution in [0.3, 0.4) is 0 Å². The van der Waals surface area contributed by atoms with Gasteiger partial charge < -0.3 is 0 Å². The Kier molecular flexibility index (Phi) is 3.82. The second-order valence-electron chi connectivity index (χ2n) is 5.84. The lowest BCUT2D eigenvalue weighted by Gasteiger charge is -2.05. The number of carbonyl (C=O) groups is 1. The zero-order valence-corrected chi connectivity index (χ0v) is 13.7. The highest BCUT2D eigenvalue weighted by atomic mass is 16.2. The molecule has 5 heteroatoms. The fourth-order valence-corrected chi connectivity index (χ4v) is 3.00. The Balaban J connectivity index is 2.05. The van der Waals surface area contributed by atoms with Gasteiger partial charge in [0.25, 0.3) is 17.0 Å². The second kappa shape index (κ2) is 6.29. The van der Waals surface area contributed by atoms with Crippen molar-refractivity contribution in [1.82, 2.24) is 4.68 Å². The summed E-state index contributed by atoms with van der Waals surface area (Å²) in [6.07, 6.45) is 0. The van der Waals surface area contributed by atoms with Crippen LogP contribution in [0.2, 0.25) is 0 Å². The average molecular weight is 342 g/mol. The van der Waals surface area contributed by atoms with E-state index in [9.17, 15) is 14.4 Å². The van der Waals surface area contributed by atoms with Gasteiger partial charge in [-0.1, -0.05) is 54.6 Å². The van der Waals surface area contributed by atoms with Gasteiger partial charge in [0.1, 0.15) is 0 Å². The number of carbonyl (C=O) groups excluding carboxylic acids is 1. The third-order valence-electron chi connectivity index (χ3n) is 4.26. The van der Waals surface area contributed by atoms with Crippen LogP contribution < -0.4 is 16.5 Å². The molecule has 1 heterocycles. The number of fused-ring (bicyclic) bond motifs is 3. The molecule has 26 heavy (non-hydrogen) atoms. The van der Waals surface area contributed by atoms with Crippen LogP contribution in [0, 0.1) is 0 Å². The Morgan fingerprint density at radius 2 is 1.04 bits per heavy atom. The molecule has 0 aliphatic heterocycles. The molecule has 0 unspecified atom stereocenters. The first-order valence-electron chi connectivity index (χ1n) is 8.10. The number of nitrogens with one attached hydrogen (secondary N) is 1. The number of hydrogen-bond donors (Lipinski definition) is 1. The predicted octanol–water partition coefficient (Wildman–Crippen LogP) is 2.90. The molecule has 0 fully saturated rings. The molecule has 0 aliphatic carbocycles. The molecule has 0 aliphatic rings. The van der Waals surface area contributed by atoms with E-state index < -0.39 is 17.0 Å². The summed E-state index contributed by atoms with van der Waals surface area (Å²) in [4.78, 5) is 38.4. The molecular weight excluding hydrogens is 328 g/mol. The minimum Gasteiger partial charge on any atom is -0.267 e. The topological polar surface area (TPSA) is 68.2 Å². The summed E-state index contributed by atoms with van der Waals surface area (Å²) >= 11 is 0. The molecule has 0 saturated heterocycles. The predicted molar refractivity (Wildman–Crippen MR) is 102 cm³/mol. The summed E-state index contributed by atoms with van der Waals surface area (Å²) in [5, 5.41) is 2.05. The van der Waals surface area contributed by atoms with Gasteiger partial charge in [0.15, 0.2) is 0 Å². The summed E-state index contributed by atoms with van der Waals surface area (Å²) in [6.45, 7) is 0. The maximum absolute atomic E-state index is 13.0. The Labute approximate surface area is 148 Å². The van der Waals surface area contributed by atoms with E-state index in [4.69, 9.17) is 0 Å². The monoisotopic (exact) mass is 342 g/mol. The molecule has 0 atom stereocenters. The summed E-state index contributed by atoms with van der Waals surface area (Å²) in [5.74, 6) is -0.524. The molecule has 4 aromatic rings. The Morgan fingerprint density at radius 1 is 0.615 bits per heavy atom. The van der Waals surface area contributed by atoms with Crippen LogP contribution in [0.25, 0.3) is 21.5 Å². The van der Waals surface area contributed by atoms with E-state index in [-0.39, 0.29) is 0 Å². The van der Waals surface area contributed by atoms with E-state index in [0.717, 1.165) is 4.68 Å². The standard InChI is InChI=1S/C21H14N2O3/c24-19(14-8-2-1-3-9-14)22-23-20(25)17-12-6-4-10-15(17)16-11-5-7-13-18(16)21(23)26/h1-13H,(H,22,24). The quantitative estimate of drug-likeness (QED) is 0.609. The van der Waals surface area contributed by atoms with Gasteiger partial charge in [-0.15, -0.1) is 0 Å². The van der Waals surface area contributed by atoms with Crippen LogP contribution in [0.1, 0.15) is 10.4 Å². The third kappa shape index (κ3) is 2.56. The number of aromatic nitrogens is 1. The Hall–Kier alpha value is -3.73. The molecule has 5 nitrogen and oxygen atoms in total. The first-order chi connectivity index (χ1) is 12.7. The minimum atomic E-state index is -0.564. The van der Waals surface area contributed by atoms with E-state index >= 15 is 0 Å². The molecule has 1 aromatic heterocycles. The van der Waals surface area contributed by atoms with E-state index in [1.165, 1.54) is 0 Å². The third-order valence-corrected chi connectivity index (χ3v) is 4.26. The lowest BCUT2D eigenvalue weighted by molar-refractivity contribution is 0.101. The summed E-state index contributed by atoms with van der Waals surface area (Å²) in [5.41, 5.74) is 1.68. The second-order valence-corrected chi connectivity index (χ2v) is 5.84. The molecular formula is C21H14N2O3. The van der Waals surface area contributed by atoms with Crippen molar-refractivity contribution in [3.8, 4) is 0 Å². The van der Waals surface area contributed by atoms with Crippen molar-refractivity contribution in [3.05, 3.63) is 105 Å². The van der Waals surface area contributed by atoms with E-state index in [0.29, 0.717) is 27.1 Å². The van der Waals surface area contributed by atoms with Crippen LogP contribution in [0.15, 0.2) is 88.5 Å². The first-order valence-corrected chi connectivity index (χ1v) is 8.10. The highest BCUT2D eigenvalue weighted by Gasteiger charge is 2.13. The van der Waals surface area contributed by atoms with Crippen molar-refractivity contribution in [2.75, 3.05) is 5.43 Å². The van der Waals surface area contributed by atoms with E-state index in [2.05, 4.69) is 5.43 Å². The molecule has 1 N–H and O–H groups in total. The van der Waals surface area contributed by atoms with Gasteiger partial charge in [0.2, 0.25) is 0 Å². The normalized spacial score (nSPS) is 10.8. The molecule has 0 saturated carbocycles. The lowest BCUT2D eigenvalue weighted by Crippen LogP contribution is -2.40. The van der Waals surface area contributed by atoms with Crippen LogP contribution >= 0.6 is 0 Å². The number of nitrogens with zero attached hydrogens (tertiary/aromatic N) is 1. The smallest absolute Gasteiger partial charge is 0.267 e. The molecule has 0 radical (unpaired) electrons. The zero-order chi connectivity index (χ0) is 18.1. The average Bonchev–Trinajstić information content (AvgIpc) is 2.79. The number of benzene rings is 3. The van der Waals surface area contributed by atoms with Gasteiger partial charge in [0.05, 0.1) is 0 Å². The molecule has 3 aromatic carbocycles. The van der Waals surface area contributed by atoms with Crippen LogP contribution in [-0.2, 0) is 0 Å². The van der Waals surface area contributed by atoms with Gasteiger partial charge in [-0.2, -0.15) is 4.68 Å². The molecule has 1 amide bonds. The van der Waals surface area contributed by atoms with Gasteiger partial charge in [0, 0.05) is 16.3 Å². The highest BCUT2D eigenvalue weighted by molar-refractivity contribution is 6.06. The highest BCUT2D eigenvalue weighted by Crippen LogP contribution is 2.18. The fraction of sp³-hybridized carbons (Fsp3) is 0. The van der Waals surface area contributed by atoms with Crippen molar-refractivity contribution in [3.63, 3.8) is 0 Å². The van der Waals surface area contributed by atoms with E-state index in [1.807, 2.05) is 12.1 Å². The minimum absolute atomic E-state index is 0.360. The van der Waals surface area contributed by atoms with Crippen molar-refractivity contribution in [1.29, 1.82) is 0 Å². The van der Waals surface area contributed by atoms with Gasteiger partial charge in [-0.05, 0) is 35.0 Å². The molecule has 0 bridgehead atoms. The maximum atomic E-state index is 13.0. The van der Waals surface area contributed by atoms with E-state index in [1.54, 1.807) is 66.7 Å². The number of amides is 1. The number of hydrogen-bond acceptors (Lipinski definition) is 3. The maximum Gasteiger partial charge on any atom is 0.280 e. The lowest BCUT2D eigenvalue weighted by atomic mass is 10.1. The molecule has 126 valence electrons. The molecule has 0 spiro atoms. The van der Waals surface area contributed by atoms with Crippen LogP contribution in [-0.4, -0.2) is 10.6 Å².